The molecule has 0 heterocycles. The van der Waals surface area contributed by atoms with Crippen molar-refractivity contribution in [3.8, 4) is 0 Å². The molecule has 1 N–H and O–H groups in total. The number of esters is 1. The molecule has 0 aromatic heterocycles. The average molecular weight is 695 g/mol. The van der Waals surface area contributed by atoms with E-state index in [2.05, 4.69) is 86.8 Å². The summed E-state index contributed by atoms with van der Waals surface area (Å²) < 4.78 is 6.01. The quantitative estimate of drug-likeness (QED) is 0.0399. The maximum Gasteiger partial charge on any atom is 0.306 e. The molecule has 1 atom stereocenters. The zero-order chi connectivity index (χ0) is 36.4. The molecular weight excluding hydrogens is 617 g/mol. The van der Waals surface area contributed by atoms with Gasteiger partial charge in [0.25, 0.3) is 0 Å². The van der Waals surface area contributed by atoms with Crippen LogP contribution >= 0.6 is 0 Å². The number of hydrogen-bond acceptors (Lipinski definition) is 3. The Kier molecular flexibility index (Phi) is 38.7. The molecule has 0 rings (SSSR count). The van der Waals surface area contributed by atoms with Crippen LogP contribution in [0.3, 0.4) is 0 Å². The lowest BCUT2D eigenvalue weighted by molar-refractivity contribution is -0.149. The Hall–Kier alpha value is -2.62. The third-order valence-corrected chi connectivity index (χ3v) is 8.96. The van der Waals surface area contributed by atoms with Crippen molar-refractivity contribution in [3.63, 3.8) is 0 Å². The zero-order valence-corrected chi connectivity index (χ0v) is 32.7. The molecule has 0 amide bonds. The van der Waals surface area contributed by atoms with Crippen molar-refractivity contribution >= 4 is 11.9 Å². The van der Waals surface area contributed by atoms with Gasteiger partial charge in [-0.25, -0.2) is 0 Å². The van der Waals surface area contributed by atoms with Crippen LogP contribution in [0.15, 0.2) is 72.9 Å². The van der Waals surface area contributed by atoms with Gasteiger partial charge in [-0.2, -0.15) is 0 Å². The van der Waals surface area contributed by atoms with Gasteiger partial charge in [0, 0.05) is 12.8 Å². The van der Waals surface area contributed by atoms with Crippen molar-refractivity contribution in [2.24, 2.45) is 0 Å². The molecule has 0 aromatic carbocycles. The second kappa shape index (κ2) is 40.8. The SMILES string of the molecule is CC/C=C\C/C=C\C/C=C\C/C=C\C/C=C\C/C=C\CCC(=O)OC(CCCCCCCCC)CCCCCCCCCCCCCC(=O)O. The van der Waals surface area contributed by atoms with Crippen molar-refractivity contribution in [1.29, 1.82) is 0 Å². The molecular formula is C46H78O4. The number of hydrogen-bond donors (Lipinski definition) is 1. The molecule has 0 saturated carbocycles. The molecule has 0 radical (unpaired) electrons. The number of carbonyl (C=O) groups is 2. The Morgan fingerprint density at radius 2 is 0.820 bits per heavy atom. The Morgan fingerprint density at radius 3 is 1.22 bits per heavy atom. The summed E-state index contributed by atoms with van der Waals surface area (Å²) in [6, 6.07) is 0. The second-order valence-corrected chi connectivity index (χ2v) is 13.8. The fraction of sp³-hybridized carbons (Fsp3) is 0.696. The highest BCUT2D eigenvalue weighted by Gasteiger charge is 2.14. The third kappa shape index (κ3) is 39.8. The highest BCUT2D eigenvalue weighted by atomic mass is 16.5. The highest BCUT2D eigenvalue weighted by Crippen LogP contribution is 2.18. The van der Waals surface area contributed by atoms with Crippen molar-refractivity contribution in [1.82, 2.24) is 0 Å². The normalized spacial score (nSPS) is 13.0. The summed E-state index contributed by atoms with van der Waals surface area (Å²) in [5, 5.41) is 8.71. The minimum absolute atomic E-state index is 0.0413. The summed E-state index contributed by atoms with van der Waals surface area (Å²) in [6.07, 6.45) is 58.0. The number of aliphatic carboxylic acids is 1. The fourth-order valence-electron chi connectivity index (χ4n) is 5.92. The van der Waals surface area contributed by atoms with E-state index >= 15 is 0 Å². The maximum absolute atomic E-state index is 12.7. The van der Waals surface area contributed by atoms with Crippen molar-refractivity contribution in [3.05, 3.63) is 72.9 Å². The van der Waals surface area contributed by atoms with Gasteiger partial charge in [0.15, 0.2) is 0 Å². The van der Waals surface area contributed by atoms with E-state index in [0.717, 1.165) is 89.9 Å². The molecule has 4 nitrogen and oxygen atoms in total. The predicted octanol–water partition coefficient (Wildman–Crippen LogP) is 14.7. The van der Waals surface area contributed by atoms with Gasteiger partial charge in [0.05, 0.1) is 0 Å². The topological polar surface area (TPSA) is 63.6 Å². The number of unbranched alkanes of at least 4 members (excludes halogenated alkanes) is 16. The summed E-state index contributed by atoms with van der Waals surface area (Å²) in [4.78, 5) is 23.3. The number of carbonyl (C=O) groups excluding carboxylic acids is 1. The Morgan fingerprint density at radius 1 is 0.460 bits per heavy atom. The lowest BCUT2D eigenvalue weighted by Crippen LogP contribution is -2.18. The van der Waals surface area contributed by atoms with Crippen LogP contribution in [0, 0.1) is 0 Å². The largest absolute Gasteiger partial charge is 0.481 e. The van der Waals surface area contributed by atoms with E-state index in [0.29, 0.717) is 12.8 Å². The van der Waals surface area contributed by atoms with E-state index in [1.807, 2.05) is 0 Å². The van der Waals surface area contributed by atoms with Gasteiger partial charge in [-0.3, -0.25) is 9.59 Å². The summed E-state index contributed by atoms with van der Waals surface area (Å²) in [5.41, 5.74) is 0. The lowest BCUT2D eigenvalue weighted by Gasteiger charge is -2.18. The average Bonchev–Trinajstić information content (AvgIpc) is 3.10. The van der Waals surface area contributed by atoms with Crippen LogP contribution in [-0.4, -0.2) is 23.1 Å². The number of rotatable bonds is 37. The molecule has 286 valence electrons. The lowest BCUT2D eigenvalue weighted by atomic mass is 10.0. The maximum atomic E-state index is 12.7. The standard InChI is InChI=1S/C46H78O4/c1-3-5-7-9-11-12-13-14-15-16-17-18-19-20-24-27-31-35-39-43-46(49)50-44(40-36-32-28-10-8-6-4-2)41-37-33-29-25-22-21-23-26-30-34-38-42-45(47)48/h5,7,11-12,14-15,17-18,20,24,31,35,44H,3-4,6,8-10,13,16,19,21-23,25-30,32-34,36-43H2,1-2H3,(H,47,48)/b7-5-,12-11-,15-14-,18-17-,24-20-,35-31-. The monoisotopic (exact) mass is 695 g/mol. The first-order valence-corrected chi connectivity index (χ1v) is 20.9. The smallest absolute Gasteiger partial charge is 0.306 e. The molecule has 0 aliphatic rings. The molecule has 1 unspecified atom stereocenters. The van der Waals surface area contributed by atoms with Gasteiger partial charge >= 0.3 is 11.9 Å². The van der Waals surface area contributed by atoms with Crippen molar-refractivity contribution in [2.45, 2.75) is 206 Å². The Labute approximate surface area is 309 Å². The van der Waals surface area contributed by atoms with Crippen LogP contribution in [0.1, 0.15) is 200 Å². The van der Waals surface area contributed by atoms with Crippen LogP contribution in [0.2, 0.25) is 0 Å². The summed E-state index contributed by atoms with van der Waals surface area (Å²) in [6.45, 7) is 4.42. The minimum Gasteiger partial charge on any atom is -0.481 e. The number of ether oxygens (including phenoxy) is 1. The van der Waals surface area contributed by atoms with Crippen LogP contribution in [-0.2, 0) is 14.3 Å². The summed E-state index contributed by atoms with van der Waals surface area (Å²) in [5.74, 6) is -0.718. The molecule has 0 saturated heterocycles. The van der Waals surface area contributed by atoms with E-state index < -0.39 is 5.97 Å². The molecule has 0 fully saturated rings. The number of carboxylic acids is 1. The van der Waals surface area contributed by atoms with Crippen LogP contribution in [0.25, 0.3) is 0 Å². The molecule has 4 heteroatoms. The molecule has 0 aromatic rings. The Bertz CT molecular complexity index is 922. The van der Waals surface area contributed by atoms with Crippen LogP contribution in [0.5, 0.6) is 0 Å². The van der Waals surface area contributed by atoms with E-state index in [4.69, 9.17) is 9.84 Å². The van der Waals surface area contributed by atoms with Gasteiger partial charge in [-0.15, -0.1) is 0 Å². The molecule has 0 aliphatic carbocycles. The molecule has 0 spiro atoms. The van der Waals surface area contributed by atoms with Gasteiger partial charge in [-0.1, -0.05) is 183 Å². The van der Waals surface area contributed by atoms with E-state index in [-0.39, 0.29) is 12.1 Å². The predicted molar refractivity (Wildman–Crippen MR) is 218 cm³/mol. The van der Waals surface area contributed by atoms with Gasteiger partial charge in [-0.05, 0) is 77.0 Å². The molecule has 0 bridgehead atoms. The first-order chi connectivity index (χ1) is 24.6. The second-order valence-electron chi connectivity index (χ2n) is 13.8. The van der Waals surface area contributed by atoms with Crippen LogP contribution < -0.4 is 0 Å². The fourth-order valence-corrected chi connectivity index (χ4v) is 5.92. The van der Waals surface area contributed by atoms with Gasteiger partial charge in [0.2, 0.25) is 0 Å². The highest BCUT2D eigenvalue weighted by molar-refractivity contribution is 5.69. The molecule has 50 heavy (non-hydrogen) atoms. The zero-order valence-electron chi connectivity index (χ0n) is 32.7. The van der Waals surface area contributed by atoms with Crippen LogP contribution in [0.4, 0.5) is 0 Å². The molecule has 0 aliphatic heterocycles. The van der Waals surface area contributed by atoms with Crippen molar-refractivity contribution in [2.75, 3.05) is 0 Å². The Balaban J connectivity index is 4.14. The van der Waals surface area contributed by atoms with E-state index in [9.17, 15) is 9.59 Å². The summed E-state index contributed by atoms with van der Waals surface area (Å²) in [7, 11) is 0. The minimum atomic E-state index is -0.677. The van der Waals surface area contributed by atoms with Gasteiger partial charge < -0.3 is 9.84 Å². The van der Waals surface area contributed by atoms with E-state index in [1.165, 1.54) is 83.5 Å². The number of allylic oxidation sites excluding steroid dienone is 12. The third-order valence-electron chi connectivity index (χ3n) is 8.96. The first-order valence-electron chi connectivity index (χ1n) is 20.9. The number of carboxylic acid groups (broad SMARTS) is 1. The summed E-state index contributed by atoms with van der Waals surface area (Å²) >= 11 is 0. The van der Waals surface area contributed by atoms with Gasteiger partial charge in [0.1, 0.15) is 6.10 Å². The van der Waals surface area contributed by atoms with E-state index in [1.54, 1.807) is 0 Å². The van der Waals surface area contributed by atoms with Crippen molar-refractivity contribution < 1.29 is 19.4 Å². The first kappa shape index (κ1) is 47.4.